The number of allylic oxidation sites excluding steroid dienone is 4. The lowest BCUT2D eigenvalue weighted by atomic mass is 9.94. The molecule has 0 radical (unpaired) electrons. The van der Waals surface area contributed by atoms with Crippen molar-refractivity contribution in [3.05, 3.63) is 107 Å². The summed E-state index contributed by atoms with van der Waals surface area (Å²) < 4.78 is 55.9. The van der Waals surface area contributed by atoms with Crippen molar-refractivity contribution in [2.75, 3.05) is 32.7 Å². The van der Waals surface area contributed by atoms with Crippen molar-refractivity contribution in [3.63, 3.8) is 0 Å². The predicted octanol–water partition coefficient (Wildman–Crippen LogP) is 5.11. The van der Waals surface area contributed by atoms with Gasteiger partial charge in [-0.3, -0.25) is 0 Å². The van der Waals surface area contributed by atoms with Gasteiger partial charge in [-0.15, -0.1) is 0 Å². The van der Waals surface area contributed by atoms with Gasteiger partial charge in [-0.1, -0.05) is 49.1 Å². The lowest BCUT2D eigenvalue weighted by molar-refractivity contribution is 0.272. The van der Waals surface area contributed by atoms with Gasteiger partial charge in [0.1, 0.15) is 0 Å². The van der Waals surface area contributed by atoms with E-state index in [1.807, 2.05) is 19.9 Å². The fourth-order valence-electron chi connectivity index (χ4n) is 5.26. The Morgan fingerprint density at radius 3 is 1.88 bits per heavy atom. The molecule has 7 nitrogen and oxygen atoms in total. The molecule has 4 rings (SSSR count). The van der Waals surface area contributed by atoms with Crippen LogP contribution in [0, 0.1) is 0 Å². The summed E-state index contributed by atoms with van der Waals surface area (Å²) in [4.78, 5) is 2.66. The van der Waals surface area contributed by atoms with Crippen molar-refractivity contribution >= 4 is 20.0 Å². The maximum absolute atomic E-state index is 13.6. The number of hydrogen-bond acceptors (Lipinski definition) is 5. The number of benzene rings is 2. The van der Waals surface area contributed by atoms with E-state index in [0.717, 1.165) is 52.1 Å². The minimum absolute atomic E-state index is 0.104. The Morgan fingerprint density at radius 1 is 0.750 bits per heavy atom. The van der Waals surface area contributed by atoms with Crippen molar-refractivity contribution in [1.82, 2.24) is 13.5 Å². The second-order valence-electron chi connectivity index (χ2n) is 10.4. The van der Waals surface area contributed by atoms with Gasteiger partial charge in [0.15, 0.2) is 0 Å². The Morgan fingerprint density at radius 2 is 1.32 bits per heavy atom. The lowest BCUT2D eigenvalue weighted by Crippen LogP contribution is -2.50. The molecule has 2 aromatic carbocycles. The molecule has 9 heteroatoms. The molecule has 0 aromatic heterocycles. The van der Waals surface area contributed by atoms with Gasteiger partial charge < -0.3 is 4.90 Å². The molecular weight excluding hydrogens is 542 g/mol. The van der Waals surface area contributed by atoms with Gasteiger partial charge in [-0.2, -0.15) is 8.61 Å². The molecule has 1 fully saturated rings. The van der Waals surface area contributed by atoms with E-state index in [1.165, 1.54) is 8.61 Å². The normalized spacial score (nSPS) is 18.2. The second-order valence-corrected chi connectivity index (χ2v) is 14.3. The molecule has 0 amide bonds. The van der Waals surface area contributed by atoms with Crippen LogP contribution in [0.15, 0.2) is 106 Å². The van der Waals surface area contributed by atoms with Gasteiger partial charge in [-0.05, 0) is 86.2 Å². The molecule has 0 N–H and O–H groups in total. The molecule has 2 aliphatic heterocycles. The summed E-state index contributed by atoms with van der Waals surface area (Å²) in [5.41, 5.74) is 7.36. The molecule has 0 saturated carbocycles. The zero-order chi connectivity index (χ0) is 29.2. The molecule has 0 unspecified atom stereocenters. The summed E-state index contributed by atoms with van der Waals surface area (Å²) in [6, 6.07) is 13.6. The van der Waals surface area contributed by atoms with Crippen LogP contribution < -0.4 is 0 Å². The molecule has 2 aromatic rings. The van der Waals surface area contributed by atoms with E-state index in [0.29, 0.717) is 6.54 Å². The van der Waals surface area contributed by atoms with E-state index in [-0.39, 0.29) is 36.0 Å². The van der Waals surface area contributed by atoms with Crippen LogP contribution in [0.5, 0.6) is 0 Å². The number of nitrogens with zero attached hydrogens (tertiary/aromatic N) is 3. The summed E-state index contributed by atoms with van der Waals surface area (Å²) in [6.07, 6.45) is 2.86. The van der Waals surface area contributed by atoms with Crippen LogP contribution in [0.3, 0.4) is 0 Å². The first-order chi connectivity index (χ1) is 18.9. The van der Waals surface area contributed by atoms with Gasteiger partial charge in [-0.25, -0.2) is 16.8 Å². The van der Waals surface area contributed by atoms with E-state index in [4.69, 9.17) is 0 Å². The quantitative estimate of drug-likeness (QED) is 0.405. The van der Waals surface area contributed by atoms with Gasteiger partial charge in [0.2, 0.25) is 20.0 Å². The third-order valence-corrected chi connectivity index (χ3v) is 11.8. The monoisotopic (exact) mass is 581 g/mol. The average molecular weight is 582 g/mol. The van der Waals surface area contributed by atoms with Gasteiger partial charge in [0, 0.05) is 45.0 Å². The lowest BCUT2D eigenvalue weighted by Gasteiger charge is -2.35. The summed E-state index contributed by atoms with van der Waals surface area (Å²) in [5.74, 6) is 0. The van der Waals surface area contributed by atoms with Crippen LogP contribution in [0.1, 0.15) is 38.8 Å². The maximum atomic E-state index is 13.6. The smallest absolute Gasteiger partial charge is 0.243 e. The summed E-state index contributed by atoms with van der Waals surface area (Å²) >= 11 is 0. The highest BCUT2D eigenvalue weighted by Crippen LogP contribution is 2.31. The highest BCUT2D eigenvalue weighted by atomic mass is 32.2. The molecule has 2 aliphatic rings. The second kappa shape index (κ2) is 11.9. The SMILES string of the molecule is C=C(C)/C(C)=C(C)\C(=C/C)C(=C)N1CCc2ccc(S(=O)(=O)N3CCN(S(=O)(=O)c4ccccc4)CC3)cc2C1. The van der Waals surface area contributed by atoms with Crippen LogP contribution in [-0.2, 0) is 33.0 Å². The first-order valence-corrected chi connectivity index (χ1v) is 16.4. The number of piperazine rings is 1. The van der Waals surface area contributed by atoms with E-state index in [1.54, 1.807) is 42.5 Å². The van der Waals surface area contributed by atoms with Crippen molar-refractivity contribution in [1.29, 1.82) is 0 Å². The molecule has 1 saturated heterocycles. The Balaban J connectivity index is 1.50. The predicted molar refractivity (Wildman–Crippen MR) is 161 cm³/mol. The van der Waals surface area contributed by atoms with Crippen molar-refractivity contribution < 1.29 is 16.8 Å². The molecule has 0 atom stereocenters. The zero-order valence-electron chi connectivity index (χ0n) is 23.9. The fraction of sp³-hybridized carbons (Fsp3) is 0.355. The topological polar surface area (TPSA) is 78.0 Å². The first kappa shape index (κ1) is 30.0. The van der Waals surface area contributed by atoms with E-state index in [2.05, 4.69) is 38.0 Å². The molecule has 0 bridgehead atoms. The molecule has 40 heavy (non-hydrogen) atoms. The standard InChI is InChI=1S/C31H39N3O4S2/c1-7-31(25(5)24(4)23(2)3)26(6)32-16-15-27-13-14-30(21-28(27)22-32)40(37,38)34-19-17-33(18-20-34)39(35,36)29-11-9-8-10-12-29/h7-14,21H,2,6,15-20,22H2,1,3-5H3/b25-24-,31-7+. The Kier molecular flexibility index (Phi) is 8.89. The number of rotatable bonds is 8. The molecule has 2 heterocycles. The number of fused-ring (bicyclic) bond motifs is 1. The highest BCUT2D eigenvalue weighted by Gasteiger charge is 2.34. The van der Waals surface area contributed by atoms with Crippen LogP contribution in [0.4, 0.5) is 0 Å². The summed E-state index contributed by atoms with van der Waals surface area (Å²) in [7, 11) is -7.44. The van der Waals surface area contributed by atoms with Gasteiger partial charge in [0.05, 0.1) is 9.79 Å². The van der Waals surface area contributed by atoms with Crippen LogP contribution >= 0.6 is 0 Å². The molecule has 0 aliphatic carbocycles. The van der Waals surface area contributed by atoms with Crippen molar-refractivity contribution in [2.45, 2.75) is 50.5 Å². The zero-order valence-corrected chi connectivity index (χ0v) is 25.5. The average Bonchev–Trinajstić information content (AvgIpc) is 2.96. The number of hydrogen-bond donors (Lipinski definition) is 0. The largest absolute Gasteiger partial charge is 0.367 e. The first-order valence-electron chi connectivity index (χ1n) is 13.5. The van der Waals surface area contributed by atoms with Crippen LogP contribution in [0.25, 0.3) is 0 Å². The van der Waals surface area contributed by atoms with E-state index in [9.17, 15) is 16.8 Å². The Bertz CT molecular complexity index is 1580. The third kappa shape index (κ3) is 5.88. The Hall–Kier alpha value is -2.98. The fourth-order valence-corrected chi connectivity index (χ4v) is 8.17. The molecular formula is C31H39N3O4S2. The minimum Gasteiger partial charge on any atom is -0.367 e. The minimum atomic E-state index is -3.78. The molecule has 214 valence electrons. The van der Waals surface area contributed by atoms with Gasteiger partial charge in [0.25, 0.3) is 0 Å². The van der Waals surface area contributed by atoms with Crippen LogP contribution in [-0.4, -0.2) is 63.1 Å². The van der Waals surface area contributed by atoms with E-state index >= 15 is 0 Å². The van der Waals surface area contributed by atoms with Gasteiger partial charge >= 0.3 is 0 Å². The molecule has 0 spiro atoms. The van der Waals surface area contributed by atoms with E-state index < -0.39 is 20.0 Å². The third-order valence-electron chi connectivity index (χ3n) is 7.99. The number of sulfonamides is 2. The van der Waals surface area contributed by atoms with Crippen LogP contribution in [0.2, 0.25) is 0 Å². The maximum Gasteiger partial charge on any atom is 0.243 e. The summed E-state index contributed by atoms with van der Waals surface area (Å²) in [5, 5.41) is 0. The highest BCUT2D eigenvalue weighted by molar-refractivity contribution is 7.89. The Labute approximate surface area is 239 Å². The summed E-state index contributed by atoms with van der Waals surface area (Å²) in [6.45, 7) is 18.4. The van der Waals surface area contributed by atoms with Crippen molar-refractivity contribution in [3.8, 4) is 0 Å². The van der Waals surface area contributed by atoms with Crippen molar-refractivity contribution in [2.24, 2.45) is 0 Å².